The molecule has 1 aromatic heterocycles. The van der Waals surface area contributed by atoms with E-state index in [4.69, 9.17) is 0 Å². The zero-order valence-electron chi connectivity index (χ0n) is 8.99. The highest BCUT2D eigenvalue weighted by Gasteiger charge is 2.21. The molecule has 78 valence electrons. The molecular weight excluding hydrogens is 186 g/mol. The number of Topliss-reactive ketones (excluding diaryl/α,β-unsaturated/α-hetero) is 1. The van der Waals surface area contributed by atoms with Crippen LogP contribution in [0.4, 0.5) is 0 Å². The molecule has 2 nitrogen and oxygen atoms in total. The predicted octanol–water partition coefficient (Wildman–Crippen LogP) is 3.11. The summed E-state index contributed by atoms with van der Waals surface area (Å²) in [6.45, 7) is 5.62. The third-order valence-corrected chi connectivity index (χ3v) is 3.03. The van der Waals surface area contributed by atoms with Crippen LogP contribution in [-0.4, -0.2) is 10.8 Å². The molecule has 1 aromatic rings. The van der Waals surface area contributed by atoms with Crippen molar-refractivity contribution in [3.8, 4) is 0 Å². The van der Waals surface area contributed by atoms with Crippen molar-refractivity contribution < 1.29 is 4.79 Å². The molecule has 0 amide bonds. The fourth-order valence-electron chi connectivity index (χ4n) is 2.09. The van der Waals surface area contributed by atoms with Crippen LogP contribution in [0.15, 0.2) is 30.5 Å². The van der Waals surface area contributed by atoms with Crippen molar-refractivity contribution in [2.45, 2.75) is 32.1 Å². The molecule has 0 bridgehead atoms. The van der Waals surface area contributed by atoms with Gasteiger partial charge in [-0.05, 0) is 38.3 Å². The second-order valence-corrected chi connectivity index (χ2v) is 4.13. The van der Waals surface area contributed by atoms with E-state index in [-0.39, 0.29) is 5.78 Å². The lowest BCUT2D eigenvalue weighted by Gasteiger charge is -2.10. The number of hydrogen-bond acceptors (Lipinski definition) is 2. The Bertz CT molecular complexity index is 392. The molecule has 1 heterocycles. The second-order valence-electron chi connectivity index (χ2n) is 4.13. The minimum absolute atomic E-state index is 0.0688. The zero-order valence-corrected chi connectivity index (χ0v) is 8.99. The first-order chi connectivity index (χ1) is 7.18. The Morgan fingerprint density at radius 1 is 1.53 bits per heavy atom. The summed E-state index contributed by atoms with van der Waals surface area (Å²) in [4.78, 5) is 15.4. The summed E-state index contributed by atoms with van der Waals surface area (Å²) < 4.78 is 0. The number of ketones is 1. The molecule has 1 fully saturated rings. The van der Waals surface area contributed by atoms with Gasteiger partial charge in [-0.2, -0.15) is 0 Å². The number of pyridine rings is 1. The smallest absolute Gasteiger partial charge is 0.161 e. The van der Waals surface area contributed by atoms with E-state index >= 15 is 0 Å². The lowest BCUT2D eigenvalue weighted by atomic mass is 9.99. The summed E-state index contributed by atoms with van der Waals surface area (Å²) in [5.41, 5.74) is 3.02. The largest absolute Gasteiger partial charge is 0.294 e. The van der Waals surface area contributed by atoms with Crippen LogP contribution in [0.25, 0.3) is 0 Å². The van der Waals surface area contributed by atoms with Crippen LogP contribution in [0, 0.1) is 0 Å². The van der Waals surface area contributed by atoms with E-state index in [1.165, 1.54) is 12.0 Å². The molecule has 1 aliphatic carbocycles. The SMILES string of the molecule is C=C1CCCC1c1ccc(C(C)=O)cn1. The van der Waals surface area contributed by atoms with Gasteiger partial charge in [0.1, 0.15) is 0 Å². The Morgan fingerprint density at radius 2 is 2.33 bits per heavy atom. The van der Waals surface area contributed by atoms with Gasteiger partial charge in [0, 0.05) is 23.4 Å². The van der Waals surface area contributed by atoms with E-state index in [0.717, 1.165) is 18.5 Å². The highest BCUT2D eigenvalue weighted by atomic mass is 16.1. The van der Waals surface area contributed by atoms with E-state index < -0.39 is 0 Å². The lowest BCUT2D eigenvalue weighted by molar-refractivity contribution is 0.101. The molecule has 15 heavy (non-hydrogen) atoms. The minimum atomic E-state index is 0.0688. The first-order valence-corrected chi connectivity index (χ1v) is 5.33. The van der Waals surface area contributed by atoms with Crippen LogP contribution in [0.1, 0.15) is 48.2 Å². The van der Waals surface area contributed by atoms with E-state index in [1.807, 2.05) is 12.1 Å². The first kappa shape index (κ1) is 10.1. The quantitative estimate of drug-likeness (QED) is 0.543. The van der Waals surface area contributed by atoms with Crippen LogP contribution >= 0.6 is 0 Å². The van der Waals surface area contributed by atoms with Crippen molar-refractivity contribution in [1.29, 1.82) is 0 Å². The number of carbonyl (C=O) groups excluding carboxylic acids is 1. The number of rotatable bonds is 2. The average Bonchev–Trinajstić information content (AvgIpc) is 2.65. The van der Waals surface area contributed by atoms with Gasteiger partial charge in [0.15, 0.2) is 5.78 Å². The molecular formula is C13H15NO. The van der Waals surface area contributed by atoms with E-state index in [0.29, 0.717) is 11.5 Å². The molecule has 1 unspecified atom stereocenters. The van der Waals surface area contributed by atoms with Gasteiger partial charge in [0.05, 0.1) is 0 Å². The summed E-state index contributed by atoms with van der Waals surface area (Å²) in [5.74, 6) is 0.477. The van der Waals surface area contributed by atoms with Crippen LogP contribution in [0.3, 0.4) is 0 Å². The fraction of sp³-hybridized carbons (Fsp3) is 0.385. The van der Waals surface area contributed by atoms with E-state index in [1.54, 1.807) is 13.1 Å². The van der Waals surface area contributed by atoms with Crippen molar-refractivity contribution >= 4 is 5.78 Å². The van der Waals surface area contributed by atoms with Crippen molar-refractivity contribution in [2.75, 3.05) is 0 Å². The van der Waals surface area contributed by atoms with Crippen molar-refractivity contribution in [3.05, 3.63) is 41.7 Å². The molecule has 1 aliphatic rings. The van der Waals surface area contributed by atoms with Crippen molar-refractivity contribution in [3.63, 3.8) is 0 Å². The normalized spacial score (nSPS) is 20.6. The fourth-order valence-corrected chi connectivity index (χ4v) is 2.09. The topological polar surface area (TPSA) is 30.0 Å². The highest BCUT2D eigenvalue weighted by molar-refractivity contribution is 5.93. The minimum Gasteiger partial charge on any atom is -0.294 e. The summed E-state index contributed by atoms with van der Waals surface area (Å²) >= 11 is 0. The number of nitrogens with zero attached hydrogens (tertiary/aromatic N) is 1. The molecule has 2 heteroatoms. The maximum atomic E-state index is 11.1. The molecule has 1 saturated carbocycles. The number of hydrogen-bond donors (Lipinski definition) is 0. The van der Waals surface area contributed by atoms with E-state index in [2.05, 4.69) is 11.6 Å². The number of aromatic nitrogens is 1. The summed E-state index contributed by atoms with van der Waals surface area (Å²) in [6.07, 6.45) is 5.13. The van der Waals surface area contributed by atoms with Crippen LogP contribution in [-0.2, 0) is 0 Å². The van der Waals surface area contributed by atoms with Gasteiger partial charge in [-0.15, -0.1) is 0 Å². The van der Waals surface area contributed by atoms with Gasteiger partial charge < -0.3 is 0 Å². The third-order valence-electron chi connectivity index (χ3n) is 3.03. The highest BCUT2D eigenvalue weighted by Crippen LogP contribution is 2.36. The van der Waals surface area contributed by atoms with Crippen molar-refractivity contribution in [1.82, 2.24) is 4.98 Å². The molecule has 0 radical (unpaired) electrons. The third kappa shape index (κ3) is 1.99. The molecule has 0 saturated heterocycles. The molecule has 0 spiro atoms. The van der Waals surface area contributed by atoms with Crippen LogP contribution < -0.4 is 0 Å². The first-order valence-electron chi connectivity index (χ1n) is 5.33. The Kier molecular flexibility index (Phi) is 2.67. The van der Waals surface area contributed by atoms with Crippen LogP contribution in [0.5, 0.6) is 0 Å². The van der Waals surface area contributed by atoms with Gasteiger partial charge in [-0.3, -0.25) is 9.78 Å². The zero-order chi connectivity index (χ0) is 10.8. The standard InChI is InChI=1S/C13H15NO/c1-9-4-3-5-12(9)13-7-6-11(8-14-13)10(2)15/h6-8,12H,1,3-5H2,2H3. The summed E-state index contributed by atoms with van der Waals surface area (Å²) in [6, 6.07) is 3.81. The Morgan fingerprint density at radius 3 is 2.80 bits per heavy atom. The predicted molar refractivity (Wildman–Crippen MR) is 60.0 cm³/mol. The Hall–Kier alpha value is -1.44. The van der Waals surface area contributed by atoms with Gasteiger partial charge >= 0.3 is 0 Å². The van der Waals surface area contributed by atoms with Crippen LogP contribution in [0.2, 0.25) is 0 Å². The number of carbonyl (C=O) groups is 1. The summed E-state index contributed by atoms with van der Waals surface area (Å²) in [5, 5.41) is 0. The Balaban J connectivity index is 2.23. The molecule has 2 rings (SSSR count). The van der Waals surface area contributed by atoms with Crippen molar-refractivity contribution in [2.24, 2.45) is 0 Å². The monoisotopic (exact) mass is 201 g/mol. The van der Waals surface area contributed by atoms with Gasteiger partial charge in [-0.25, -0.2) is 0 Å². The summed E-state index contributed by atoms with van der Waals surface area (Å²) in [7, 11) is 0. The molecule has 1 atom stereocenters. The molecule has 0 aliphatic heterocycles. The Labute approximate surface area is 90.0 Å². The van der Waals surface area contributed by atoms with Gasteiger partial charge in [0.25, 0.3) is 0 Å². The second kappa shape index (κ2) is 3.97. The average molecular weight is 201 g/mol. The maximum Gasteiger partial charge on any atom is 0.161 e. The number of allylic oxidation sites excluding steroid dienone is 1. The van der Waals surface area contributed by atoms with E-state index in [9.17, 15) is 4.79 Å². The molecule has 0 N–H and O–H groups in total. The molecule has 0 aromatic carbocycles. The van der Waals surface area contributed by atoms with Gasteiger partial charge in [-0.1, -0.05) is 12.2 Å². The lowest BCUT2D eigenvalue weighted by Crippen LogP contribution is -2.00. The van der Waals surface area contributed by atoms with Gasteiger partial charge in [0.2, 0.25) is 0 Å². The maximum absolute atomic E-state index is 11.1.